The molecule has 20 heavy (non-hydrogen) atoms. The summed E-state index contributed by atoms with van der Waals surface area (Å²) in [5.41, 5.74) is 0. The summed E-state index contributed by atoms with van der Waals surface area (Å²) in [5, 5.41) is 6.62. The van der Waals surface area contributed by atoms with Crippen LogP contribution >= 0.6 is 12.2 Å². The van der Waals surface area contributed by atoms with Crippen molar-refractivity contribution in [2.24, 2.45) is 0 Å². The summed E-state index contributed by atoms with van der Waals surface area (Å²) in [6.07, 6.45) is 7.86. The molecule has 0 saturated carbocycles. The van der Waals surface area contributed by atoms with Crippen molar-refractivity contribution in [3.63, 3.8) is 0 Å². The lowest BCUT2D eigenvalue weighted by Crippen LogP contribution is -2.30. The summed E-state index contributed by atoms with van der Waals surface area (Å²) < 4.78 is 7.03. The van der Waals surface area contributed by atoms with Crippen LogP contribution in [0, 0.1) is 0 Å². The van der Waals surface area contributed by atoms with Gasteiger partial charge in [-0.3, -0.25) is 0 Å². The average Bonchev–Trinajstić information content (AvgIpc) is 2.97. The van der Waals surface area contributed by atoms with E-state index in [0.29, 0.717) is 16.8 Å². The summed E-state index contributed by atoms with van der Waals surface area (Å²) in [6, 6.07) is 1.68. The minimum atomic E-state index is 0.491. The number of methoxy groups -OCH3 is 1. The van der Waals surface area contributed by atoms with E-state index in [4.69, 9.17) is 17.0 Å². The molecule has 7 nitrogen and oxygen atoms in total. The second-order valence-electron chi connectivity index (χ2n) is 3.98. The molecule has 2 heterocycles. The molecule has 8 heteroatoms. The Morgan fingerprint density at radius 1 is 1.45 bits per heavy atom. The lowest BCUT2D eigenvalue weighted by Gasteiger charge is -2.10. The van der Waals surface area contributed by atoms with Crippen molar-refractivity contribution in [1.29, 1.82) is 0 Å². The maximum Gasteiger partial charge on any atom is 0.218 e. The zero-order chi connectivity index (χ0) is 14.2. The summed E-state index contributed by atoms with van der Waals surface area (Å²) in [5.74, 6) is 1.09. The van der Waals surface area contributed by atoms with Crippen molar-refractivity contribution < 1.29 is 4.74 Å². The highest BCUT2D eigenvalue weighted by Gasteiger charge is 2.01. The van der Waals surface area contributed by atoms with Gasteiger partial charge in [-0.05, 0) is 18.6 Å². The Kier molecular flexibility index (Phi) is 5.24. The van der Waals surface area contributed by atoms with Crippen molar-refractivity contribution >= 4 is 23.1 Å². The Morgan fingerprint density at radius 3 is 3.10 bits per heavy atom. The van der Waals surface area contributed by atoms with Crippen LogP contribution in [0.25, 0.3) is 0 Å². The van der Waals surface area contributed by atoms with Crippen molar-refractivity contribution in [2.75, 3.05) is 19.0 Å². The van der Waals surface area contributed by atoms with E-state index in [1.165, 1.54) is 6.33 Å². The molecule has 0 unspecified atom stereocenters. The number of aryl methyl sites for hydroxylation is 1. The lowest BCUT2D eigenvalue weighted by molar-refractivity contribution is 0.397. The number of imidazole rings is 1. The van der Waals surface area contributed by atoms with Crippen LogP contribution in [0.1, 0.15) is 6.42 Å². The Labute approximate surface area is 122 Å². The van der Waals surface area contributed by atoms with E-state index in [9.17, 15) is 0 Å². The number of thiocarbonyl (C=S) groups is 1. The maximum atomic E-state index is 5.19. The summed E-state index contributed by atoms with van der Waals surface area (Å²) in [4.78, 5) is 12.0. The summed E-state index contributed by atoms with van der Waals surface area (Å²) >= 11 is 5.19. The molecule has 0 fully saturated rings. The van der Waals surface area contributed by atoms with Gasteiger partial charge in [-0.15, -0.1) is 0 Å². The van der Waals surface area contributed by atoms with Gasteiger partial charge >= 0.3 is 0 Å². The SMILES string of the molecule is COc1cc(NC(=S)NCCCn2ccnc2)ncn1. The smallest absolute Gasteiger partial charge is 0.218 e. The standard InChI is InChI=1S/C12H16N6OS/c1-19-11-7-10(15-8-16-11)17-12(20)14-3-2-5-18-6-4-13-9-18/h4,6-9H,2-3,5H2,1H3,(H2,14,15,16,17,20). The van der Waals surface area contributed by atoms with Crippen molar-refractivity contribution in [1.82, 2.24) is 24.8 Å². The molecule has 106 valence electrons. The molecule has 2 N–H and O–H groups in total. The monoisotopic (exact) mass is 292 g/mol. The number of hydrogen-bond donors (Lipinski definition) is 2. The third kappa shape index (κ3) is 4.47. The predicted octanol–water partition coefficient (Wildman–Crippen LogP) is 1.06. The van der Waals surface area contributed by atoms with Crippen molar-refractivity contribution in [3.8, 4) is 5.88 Å². The zero-order valence-electron chi connectivity index (χ0n) is 11.1. The fourth-order valence-corrected chi connectivity index (χ4v) is 1.77. The Bertz CT molecular complexity index is 545. The van der Waals surface area contributed by atoms with Crippen molar-refractivity contribution in [2.45, 2.75) is 13.0 Å². The molecule has 0 saturated heterocycles. The molecule has 2 rings (SSSR count). The van der Waals surface area contributed by atoms with Gasteiger partial charge in [-0.1, -0.05) is 0 Å². The molecule has 0 aliphatic heterocycles. The maximum absolute atomic E-state index is 5.19. The van der Waals surface area contributed by atoms with E-state index >= 15 is 0 Å². The molecule has 0 amide bonds. The lowest BCUT2D eigenvalue weighted by atomic mass is 10.4. The van der Waals surface area contributed by atoms with E-state index in [0.717, 1.165) is 19.5 Å². The van der Waals surface area contributed by atoms with Crippen molar-refractivity contribution in [3.05, 3.63) is 31.1 Å². The Morgan fingerprint density at radius 2 is 2.35 bits per heavy atom. The van der Waals surface area contributed by atoms with Gasteiger partial charge in [0.1, 0.15) is 12.1 Å². The second-order valence-corrected chi connectivity index (χ2v) is 4.39. The van der Waals surface area contributed by atoms with Gasteiger partial charge < -0.3 is 19.9 Å². The number of nitrogens with zero attached hydrogens (tertiary/aromatic N) is 4. The average molecular weight is 292 g/mol. The highest BCUT2D eigenvalue weighted by molar-refractivity contribution is 7.80. The molecule has 0 atom stereocenters. The normalized spacial score (nSPS) is 10.1. The van der Waals surface area contributed by atoms with E-state index in [1.807, 2.05) is 10.8 Å². The highest BCUT2D eigenvalue weighted by atomic mass is 32.1. The van der Waals surface area contributed by atoms with Gasteiger partial charge in [0.05, 0.1) is 13.4 Å². The third-order valence-corrected chi connectivity index (χ3v) is 2.78. The quantitative estimate of drug-likeness (QED) is 0.609. The topological polar surface area (TPSA) is 76.9 Å². The number of anilines is 1. The van der Waals surface area contributed by atoms with Crippen LogP contribution in [-0.2, 0) is 6.54 Å². The van der Waals surface area contributed by atoms with E-state index < -0.39 is 0 Å². The second kappa shape index (κ2) is 7.39. The first-order valence-corrected chi connectivity index (χ1v) is 6.55. The van der Waals surface area contributed by atoms with Gasteiger partial charge in [-0.25, -0.2) is 15.0 Å². The molecule has 0 aliphatic rings. The van der Waals surface area contributed by atoms with E-state index in [1.54, 1.807) is 25.7 Å². The highest BCUT2D eigenvalue weighted by Crippen LogP contribution is 2.09. The first kappa shape index (κ1) is 14.2. The zero-order valence-corrected chi connectivity index (χ0v) is 11.9. The minimum Gasteiger partial charge on any atom is -0.481 e. The summed E-state index contributed by atoms with van der Waals surface area (Å²) in [7, 11) is 1.55. The molecule has 2 aromatic heterocycles. The predicted molar refractivity (Wildman–Crippen MR) is 79.7 cm³/mol. The van der Waals surface area contributed by atoms with Crippen LogP contribution in [0.3, 0.4) is 0 Å². The van der Waals surface area contributed by atoms with Crippen LogP contribution in [0.15, 0.2) is 31.1 Å². The molecule has 0 aliphatic carbocycles. The van der Waals surface area contributed by atoms with Crippen LogP contribution in [0.4, 0.5) is 5.82 Å². The van der Waals surface area contributed by atoms with Crippen LogP contribution in [0.5, 0.6) is 5.88 Å². The van der Waals surface area contributed by atoms with E-state index in [-0.39, 0.29) is 0 Å². The van der Waals surface area contributed by atoms with E-state index in [2.05, 4.69) is 25.6 Å². The molecule has 0 radical (unpaired) electrons. The van der Waals surface area contributed by atoms with Gasteiger partial charge in [-0.2, -0.15) is 0 Å². The van der Waals surface area contributed by atoms with Gasteiger partial charge in [0.2, 0.25) is 5.88 Å². The minimum absolute atomic E-state index is 0.491. The molecule has 0 bridgehead atoms. The van der Waals surface area contributed by atoms with Crippen LogP contribution < -0.4 is 15.4 Å². The van der Waals surface area contributed by atoms with Gasteiger partial charge in [0, 0.05) is 31.5 Å². The molecule has 0 aromatic carbocycles. The molecular formula is C12H16N6OS. The number of ether oxygens (including phenoxy) is 1. The largest absolute Gasteiger partial charge is 0.481 e. The molecule has 0 spiro atoms. The number of rotatable bonds is 6. The van der Waals surface area contributed by atoms with Gasteiger partial charge in [0.15, 0.2) is 5.11 Å². The number of hydrogen-bond acceptors (Lipinski definition) is 5. The fraction of sp³-hybridized carbons (Fsp3) is 0.333. The first-order chi connectivity index (χ1) is 9.78. The first-order valence-electron chi connectivity index (χ1n) is 6.14. The molecular weight excluding hydrogens is 276 g/mol. The third-order valence-electron chi connectivity index (χ3n) is 2.53. The Hall–Kier alpha value is -2.22. The number of aromatic nitrogens is 4. The van der Waals surface area contributed by atoms with Gasteiger partial charge in [0.25, 0.3) is 0 Å². The number of nitrogens with one attached hydrogen (secondary N) is 2. The summed E-state index contributed by atoms with van der Waals surface area (Å²) in [6.45, 7) is 1.67. The van der Waals surface area contributed by atoms with Crippen LogP contribution in [-0.4, -0.2) is 38.3 Å². The molecule has 2 aromatic rings. The fourth-order valence-electron chi connectivity index (χ4n) is 1.56. The van der Waals surface area contributed by atoms with Crippen LogP contribution in [0.2, 0.25) is 0 Å². The Balaban J connectivity index is 1.69.